The van der Waals surface area contributed by atoms with Crippen molar-refractivity contribution in [3.8, 4) is 0 Å². The molecule has 6 nitrogen and oxygen atoms in total. The maximum absolute atomic E-state index is 12.2. The van der Waals surface area contributed by atoms with Gasteiger partial charge in [0.2, 0.25) is 10.0 Å². The van der Waals surface area contributed by atoms with Crippen molar-refractivity contribution in [2.45, 2.75) is 24.9 Å². The fourth-order valence-electron chi connectivity index (χ4n) is 1.65. The highest BCUT2D eigenvalue weighted by Gasteiger charge is 2.20. The maximum atomic E-state index is 12.2. The van der Waals surface area contributed by atoms with Crippen molar-refractivity contribution in [1.82, 2.24) is 14.5 Å². The van der Waals surface area contributed by atoms with Gasteiger partial charge in [-0.15, -0.1) is 0 Å². The molecule has 0 aliphatic heterocycles. The third-order valence-corrected chi connectivity index (χ3v) is 4.42. The topological polar surface area (TPSA) is 90.0 Å². The Labute approximate surface area is 122 Å². The van der Waals surface area contributed by atoms with E-state index in [1.165, 1.54) is 10.9 Å². The summed E-state index contributed by atoms with van der Waals surface area (Å²) in [5.74, 6) is -0.00421. The minimum atomic E-state index is -3.68. The number of sulfonamides is 1. The van der Waals surface area contributed by atoms with Gasteiger partial charge in [0, 0.05) is 24.3 Å². The van der Waals surface area contributed by atoms with Crippen molar-refractivity contribution in [2.75, 3.05) is 5.73 Å². The molecule has 8 heteroatoms. The van der Waals surface area contributed by atoms with Crippen LogP contribution in [0, 0.1) is 0 Å². The number of halogens is 1. The largest absolute Gasteiger partial charge is 0.381 e. The van der Waals surface area contributed by atoms with Crippen LogP contribution >= 0.6 is 11.6 Å². The second-order valence-electron chi connectivity index (χ2n) is 4.19. The number of aromatic nitrogens is 2. The molecule has 0 bridgehead atoms. The number of aryl methyl sites for hydroxylation is 1. The number of nitrogens with two attached hydrogens (primary N) is 1. The number of nitrogens with one attached hydrogen (secondary N) is 1. The van der Waals surface area contributed by atoms with E-state index < -0.39 is 10.0 Å². The van der Waals surface area contributed by atoms with Crippen molar-refractivity contribution in [3.63, 3.8) is 0 Å². The van der Waals surface area contributed by atoms with Crippen molar-refractivity contribution >= 4 is 27.4 Å². The number of anilines is 1. The SMILES string of the molecule is CCn1cc(S(=O)(=O)NCc2ccc(Cl)cc2)c(N)n1. The normalized spacial score (nSPS) is 11.7. The second kappa shape index (κ2) is 5.82. The molecule has 0 aliphatic carbocycles. The highest BCUT2D eigenvalue weighted by Crippen LogP contribution is 2.17. The quantitative estimate of drug-likeness (QED) is 0.877. The van der Waals surface area contributed by atoms with Gasteiger partial charge < -0.3 is 5.73 Å². The summed E-state index contributed by atoms with van der Waals surface area (Å²) in [5.41, 5.74) is 6.43. The molecule has 0 aliphatic rings. The van der Waals surface area contributed by atoms with Gasteiger partial charge in [0.1, 0.15) is 4.90 Å². The summed E-state index contributed by atoms with van der Waals surface area (Å²) in [6.07, 6.45) is 1.42. The average Bonchev–Trinajstić information content (AvgIpc) is 2.80. The fourth-order valence-corrected chi connectivity index (χ4v) is 2.86. The van der Waals surface area contributed by atoms with Crippen LogP contribution in [0.25, 0.3) is 0 Å². The highest BCUT2D eigenvalue weighted by molar-refractivity contribution is 7.89. The third kappa shape index (κ3) is 3.30. The van der Waals surface area contributed by atoms with Crippen molar-refractivity contribution in [2.24, 2.45) is 0 Å². The second-order valence-corrected chi connectivity index (χ2v) is 6.36. The summed E-state index contributed by atoms with van der Waals surface area (Å²) in [6.45, 7) is 2.57. The number of nitrogens with zero attached hydrogens (tertiary/aromatic N) is 2. The van der Waals surface area contributed by atoms with Crippen LogP contribution in [-0.2, 0) is 23.1 Å². The van der Waals surface area contributed by atoms with Crippen LogP contribution in [0.2, 0.25) is 5.02 Å². The molecule has 0 saturated carbocycles. The van der Waals surface area contributed by atoms with Gasteiger partial charge >= 0.3 is 0 Å². The lowest BCUT2D eigenvalue weighted by molar-refractivity contribution is 0.581. The highest BCUT2D eigenvalue weighted by atomic mass is 35.5. The van der Waals surface area contributed by atoms with E-state index in [4.69, 9.17) is 17.3 Å². The molecule has 108 valence electrons. The predicted molar refractivity (Wildman–Crippen MR) is 77.8 cm³/mol. The van der Waals surface area contributed by atoms with E-state index >= 15 is 0 Å². The van der Waals surface area contributed by atoms with Gasteiger partial charge in [-0.05, 0) is 24.6 Å². The first-order valence-electron chi connectivity index (χ1n) is 5.99. The lowest BCUT2D eigenvalue weighted by Gasteiger charge is -2.05. The van der Waals surface area contributed by atoms with Crippen LogP contribution in [0.1, 0.15) is 12.5 Å². The monoisotopic (exact) mass is 314 g/mol. The van der Waals surface area contributed by atoms with Crippen molar-refractivity contribution < 1.29 is 8.42 Å². The Bertz CT molecular complexity index is 695. The van der Waals surface area contributed by atoms with Crippen LogP contribution in [0.15, 0.2) is 35.4 Å². The molecule has 0 amide bonds. The van der Waals surface area contributed by atoms with Crippen molar-refractivity contribution in [3.05, 3.63) is 41.0 Å². The molecule has 2 rings (SSSR count). The molecular formula is C12H15ClN4O2S. The van der Waals surface area contributed by atoms with Gasteiger partial charge in [-0.1, -0.05) is 23.7 Å². The van der Waals surface area contributed by atoms with Crippen LogP contribution in [0.4, 0.5) is 5.82 Å². The molecule has 1 aromatic carbocycles. The zero-order valence-electron chi connectivity index (χ0n) is 10.9. The molecule has 20 heavy (non-hydrogen) atoms. The van der Waals surface area contributed by atoms with E-state index in [1.54, 1.807) is 24.3 Å². The minimum Gasteiger partial charge on any atom is -0.381 e. The van der Waals surface area contributed by atoms with Crippen LogP contribution in [0.5, 0.6) is 0 Å². The number of hydrogen-bond donors (Lipinski definition) is 2. The number of hydrogen-bond acceptors (Lipinski definition) is 4. The van der Waals surface area contributed by atoms with Gasteiger partial charge in [0.25, 0.3) is 0 Å². The first-order valence-corrected chi connectivity index (χ1v) is 7.85. The van der Waals surface area contributed by atoms with Gasteiger partial charge in [-0.2, -0.15) is 5.10 Å². The van der Waals surface area contributed by atoms with E-state index in [0.29, 0.717) is 11.6 Å². The van der Waals surface area contributed by atoms with Crippen LogP contribution < -0.4 is 10.5 Å². The Hall–Kier alpha value is -1.57. The smallest absolute Gasteiger partial charge is 0.246 e. The van der Waals surface area contributed by atoms with Crippen LogP contribution in [0.3, 0.4) is 0 Å². The number of nitrogen functional groups attached to an aromatic ring is 1. The number of rotatable bonds is 5. The third-order valence-electron chi connectivity index (χ3n) is 2.75. The van der Waals surface area contributed by atoms with E-state index in [-0.39, 0.29) is 17.3 Å². The molecular weight excluding hydrogens is 300 g/mol. The summed E-state index contributed by atoms with van der Waals surface area (Å²) in [7, 11) is -3.68. The van der Waals surface area contributed by atoms with E-state index in [0.717, 1.165) is 5.56 Å². The first kappa shape index (κ1) is 14.8. The lowest BCUT2D eigenvalue weighted by atomic mass is 10.2. The zero-order chi connectivity index (χ0) is 14.8. The maximum Gasteiger partial charge on any atom is 0.246 e. The average molecular weight is 315 g/mol. The summed E-state index contributed by atoms with van der Waals surface area (Å²) >= 11 is 5.77. The summed E-state index contributed by atoms with van der Waals surface area (Å²) in [4.78, 5) is -0.00619. The zero-order valence-corrected chi connectivity index (χ0v) is 12.4. The standard InChI is InChI=1S/C12H15ClN4O2S/c1-2-17-8-11(12(14)16-17)20(18,19)15-7-9-3-5-10(13)6-4-9/h3-6,8,15H,2,7H2,1H3,(H2,14,16). The summed E-state index contributed by atoms with van der Waals surface area (Å²) < 4.78 is 28.3. The lowest BCUT2D eigenvalue weighted by Crippen LogP contribution is -2.23. The van der Waals surface area contributed by atoms with Gasteiger partial charge in [0.05, 0.1) is 0 Å². The fraction of sp³-hybridized carbons (Fsp3) is 0.250. The van der Waals surface area contributed by atoms with Gasteiger partial charge in [-0.3, -0.25) is 4.68 Å². The summed E-state index contributed by atoms with van der Waals surface area (Å²) in [6, 6.07) is 6.91. The molecule has 0 radical (unpaired) electrons. The number of benzene rings is 1. The molecule has 0 unspecified atom stereocenters. The molecule has 1 heterocycles. The van der Waals surface area contributed by atoms with Crippen molar-refractivity contribution in [1.29, 1.82) is 0 Å². The van der Waals surface area contributed by atoms with E-state index in [2.05, 4.69) is 9.82 Å². The van der Waals surface area contributed by atoms with E-state index in [1.807, 2.05) is 6.92 Å². The Morgan fingerprint density at radius 2 is 2.00 bits per heavy atom. The molecule has 3 N–H and O–H groups in total. The summed E-state index contributed by atoms with van der Waals surface area (Å²) in [5, 5.41) is 4.52. The Morgan fingerprint density at radius 3 is 2.55 bits per heavy atom. The van der Waals surface area contributed by atoms with E-state index in [9.17, 15) is 8.42 Å². The molecule has 0 saturated heterocycles. The first-order chi connectivity index (χ1) is 9.42. The van der Waals surface area contributed by atoms with Gasteiger partial charge in [-0.25, -0.2) is 13.1 Å². The van der Waals surface area contributed by atoms with Crippen LogP contribution in [-0.4, -0.2) is 18.2 Å². The predicted octanol–water partition coefficient (Wildman–Crippen LogP) is 1.62. The Morgan fingerprint density at radius 1 is 1.35 bits per heavy atom. The molecule has 1 aromatic heterocycles. The molecule has 0 fully saturated rings. The molecule has 0 atom stereocenters. The Kier molecular flexibility index (Phi) is 4.32. The molecule has 2 aromatic rings. The van der Waals surface area contributed by atoms with Gasteiger partial charge in [0.15, 0.2) is 5.82 Å². The Balaban J connectivity index is 2.14. The minimum absolute atomic E-state index is 0.00421. The molecule has 0 spiro atoms.